The van der Waals surface area contributed by atoms with Crippen LogP contribution < -0.4 is 5.32 Å². The van der Waals surface area contributed by atoms with Crippen LogP contribution in [0.2, 0.25) is 10.2 Å². The van der Waals surface area contributed by atoms with Crippen molar-refractivity contribution in [2.24, 2.45) is 0 Å². The number of nitrogens with zero attached hydrogens (tertiary/aromatic N) is 2. The summed E-state index contributed by atoms with van der Waals surface area (Å²) in [6, 6.07) is 6.86. The van der Waals surface area contributed by atoms with Crippen molar-refractivity contribution in [3.63, 3.8) is 0 Å². The molecule has 2 heterocycles. The summed E-state index contributed by atoms with van der Waals surface area (Å²) < 4.78 is 23.2. The van der Waals surface area contributed by atoms with Gasteiger partial charge in [-0.25, -0.2) is 4.39 Å². The Hall–Kier alpha value is -2.38. The Bertz CT molecular complexity index is 847. The van der Waals surface area contributed by atoms with Crippen LogP contribution in [0, 0.1) is 5.82 Å². The minimum atomic E-state index is -0.696. The van der Waals surface area contributed by atoms with Crippen LogP contribution in [0.25, 0.3) is 11.6 Å². The topological polar surface area (TPSA) is 81.2 Å². The number of furan rings is 1. The van der Waals surface area contributed by atoms with E-state index in [1.165, 1.54) is 24.3 Å². The van der Waals surface area contributed by atoms with Gasteiger partial charge in [0, 0.05) is 5.69 Å². The number of anilines is 1. The van der Waals surface area contributed by atoms with Crippen LogP contribution in [0.15, 0.2) is 39.3 Å². The summed E-state index contributed by atoms with van der Waals surface area (Å²) in [6.07, 6.45) is 0. The Morgan fingerprint density at radius 1 is 1.23 bits per heavy atom. The fourth-order valence-corrected chi connectivity index (χ4v) is 1.87. The third-order valence-corrected chi connectivity index (χ3v) is 3.10. The van der Waals surface area contributed by atoms with Gasteiger partial charge in [-0.15, -0.1) is 0 Å². The molecule has 1 N–H and O–H groups in total. The Morgan fingerprint density at radius 2 is 2.05 bits per heavy atom. The van der Waals surface area contributed by atoms with Gasteiger partial charge < -0.3 is 14.3 Å². The van der Waals surface area contributed by atoms with E-state index < -0.39 is 11.7 Å². The van der Waals surface area contributed by atoms with Crippen LogP contribution in [-0.2, 0) is 0 Å². The molecule has 1 aromatic carbocycles. The van der Waals surface area contributed by atoms with E-state index in [0.717, 1.165) is 6.07 Å². The molecule has 0 spiro atoms. The van der Waals surface area contributed by atoms with E-state index >= 15 is 0 Å². The van der Waals surface area contributed by atoms with Crippen molar-refractivity contribution in [1.82, 2.24) is 10.1 Å². The summed E-state index contributed by atoms with van der Waals surface area (Å²) in [5.74, 6) is -1.34. The molecule has 0 fully saturated rings. The highest BCUT2D eigenvalue weighted by Gasteiger charge is 2.18. The second-order valence-corrected chi connectivity index (χ2v) is 4.89. The van der Waals surface area contributed by atoms with Gasteiger partial charge in [-0.2, -0.15) is 4.98 Å². The zero-order valence-corrected chi connectivity index (χ0v) is 12.2. The number of halogens is 3. The van der Waals surface area contributed by atoms with Crippen LogP contribution in [0.5, 0.6) is 0 Å². The fraction of sp³-hybridized carbons (Fsp3) is 0. The third-order valence-electron chi connectivity index (χ3n) is 2.59. The first-order valence-corrected chi connectivity index (χ1v) is 6.64. The fourth-order valence-electron chi connectivity index (χ4n) is 1.61. The van der Waals surface area contributed by atoms with E-state index in [1.807, 2.05) is 0 Å². The van der Waals surface area contributed by atoms with Gasteiger partial charge in [0.1, 0.15) is 5.82 Å². The second kappa shape index (κ2) is 5.78. The normalized spacial score (nSPS) is 10.7. The van der Waals surface area contributed by atoms with Gasteiger partial charge in [-0.05, 0) is 41.9 Å². The minimum Gasteiger partial charge on any atom is -0.441 e. The first kappa shape index (κ1) is 14.6. The molecule has 0 saturated heterocycles. The summed E-state index contributed by atoms with van der Waals surface area (Å²) in [6.45, 7) is 0. The molecule has 0 atom stereocenters. The summed E-state index contributed by atoms with van der Waals surface area (Å²) in [5, 5.41) is 6.11. The van der Waals surface area contributed by atoms with E-state index in [1.54, 1.807) is 0 Å². The lowest BCUT2D eigenvalue weighted by atomic mass is 10.3. The van der Waals surface area contributed by atoms with Crippen LogP contribution in [0.1, 0.15) is 10.7 Å². The SMILES string of the molecule is O=C(Nc1ccc(Cl)c(F)c1)c1nc(-c2ccc(Cl)o2)no1. The highest BCUT2D eigenvalue weighted by atomic mass is 35.5. The third kappa shape index (κ3) is 2.95. The smallest absolute Gasteiger partial charge is 0.316 e. The van der Waals surface area contributed by atoms with Crippen molar-refractivity contribution < 1.29 is 18.1 Å². The monoisotopic (exact) mass is 341 g/mol. The lowest BCUT2D eigenvalue weighted by molar-refractivity contribution is 0.0981. The van der Waals surface area contributed by atoms with Gasteiger partial charge in [-0.3, -0.25) is 4.79 Å². The highest BCUT2D eigenvalue weighted by Crippen LogP contribution is 2.23. The molecule has 22 heavy (non-hydrogen) atoms. The lowest BCUT2D eigenvalue weighted by Gasteiger charge is -2.02. The predicted molar refractivity (Wildman–Crippen MR) is 76.4 cm³/mol. The van der Waals surface area contributed by atoms with Crippen molar-refractivity contribution in [2.45, 2.75) is 0 Å². The Labute approximate surface area is 132 Å². The molecular weight excluding hydrogens is 336 g/mol. The first-order chi connectivity index (χ1) is 10.5. The summed E-state index contributed by atoms with van der Waals surface area (Å²) in [5.41, 5.74) is 0.202. The number of nitrogens with one attached hydrogen (secondary N) is 1. The average molecular weight is 342 g/mol. The van der Waals surface area contributed by atoms with Gasteiger partial charge in [-0.1, -0.05) is 16.8 Å². The zero-order valence-electron chi connectivity index (χ0n) is 10.6. The average Bonchev–Trinajstić information content (AvgIpc) is 3.11. The Balaban J connectivity index is 1.78. The predicted octanol–water partition coefficient (Wildman–Crippen LogP) is 4.03. The van der Waals surface area contributed by atoms with Crippen molar-refractivity contribution in [1.29, 1.82) is 0 Å². The van der Waals surface area contributed by atoms with Gasteiger partial charge in [0.05, 0.1) is 5.02 Å². The maximum Gasteiger partial charge on any atom is 0.316 e. The Morgan fingerprint density at radius 3 is 2.73 bits per heavy atom. The molecule has 112 valence electrons. The lowest BCUT2D eigenvalue weighted by Crippen LogP contribution is -2.12. The molecule has 0 aliphatic carbocycles. The molecule has 0 radical (unpaired) electrons. The van der Waals surface area contributed by atoms with Crippen molar-refractivity contribution >= 4 is 34.8 Å². The maximum atomic E-state index is 13.3. The standard InChI is InChI=1S/C13H6Cl2FN3O3/c14-7-2-1-6(5-8(7)16)17-12(20)13-18-11(19-22-13)9-3-4-10(15)21-9/h1-5H,(H,17,20). The molecule has 2 aromatic heterocycles. The molecule has 0 aliphatic rings. The number of rotatable bonds is 3. The van der Waals surface area contributed by atoms with Crippen molar-refractivity contribution in [2.75, 3.05) is 5.32 Å². The first-order valence-electron chi connectivity index (χ1n) is 5.89. The summed E-state index contributed by atoms with van der Waals surface area (Å²) in [4.78, 5) is 15.8. The van der Waals surface area contributed by atoms with E-state index in [2.05, 4.69) is 15.5 Å². The van der Waals surface area contributed by atoms with Crippen LogP contribution in [-0.4, -0.2) is 16.0 Å². The molecular formula is C13H6Cl2FN3O3. The molecule has 3 rings (SSSR count). The Kier molecular flexibility index (Phi) is 3.82. The summed E-state index contributed by atoms with van der Waals surface area (Å²) in [7, 11) is 0. The van der Waals surface area contributed by atoms with E-state index in [-0.39, 0.29) is 33.4 Å². The van der Waals surface area contributed by atoms with Crippen molar-refractivity contribution in [3.05, 3.63) is 52.3 Å². The molecule has 0 saturated carbocycles. The van der Waals surface area contributed by atoms with Crippen molar-refractivity contribution in [3.8, 4) is 11.6 Å². The maximum absolute atomic E-state index is 13.3. The number of carbonyl (C=O) groups is 1. The quantitative estimate of drug-likeness (QED) is 0.777. The number of carbonyl (C=O) groups excluding carboxylic acids is 1. The number of hydrogen-bond donors (Lipinski definition) is 1. The number of benzene rings is 1. The molecule has 3 aromatic rings. The van der Waals surface area contributed by atoms with Crippen LogP contribution in [0.4, 0.5) is 10.1 Å². The minimum absolute atomic E-state index is 0.0484. The second-order valence-electron chi connectivity index (χ2n) is 4.11. The van der Waals surface area contributed by atoms with Gasteiger partial charge in [0.2, 0.25) is 5.82 Å². The molecule has 0 aliphatic heterocycles. The number of aromatic nitrogens is 2. The number of hydrogen-bond acceptors (Lipinski definition) is 5. The molecule has 6 nitrogen and oxygen atoms in total. The molecule has 0 bridgehead atoms. The summed E-state index contributed by atoms with van der Waals surface area (Å²) >= 11 is 11.2. The number of amides is 1. The van der Waals surface area contributed by atoms with Crippen LogP contribution >= 0.6 is 23.2 Å². The van der Waals surface area contributed by atoms with Gasteiger partial charge >= 0.3 is 11.8 Å². The molecule has 1 amide bonds. The van der Waals surface area contributed by atoms with Gasteiger partial charge in [0.15, 0.2) is 11.0 Å². The largest absolute Gasteiger partial charge is 0.441 e. The highest BCUT2D eigenvalue weighted by molar-refractivity contribution is 6.30. The molecule has 0 unspecified atom stereocenters. The zero-order chi connectivity index (χ0) is 15.7. The van der Waals surface area contributed by atoms with E-state index in [9.17, 15) is 9.18 Å². The van der Waals surface area contributed by atoms with Gasteiger partial charge in [0.25, 0.3) is 0 Å². The van der Waals surface area contributed by atoms with Crippen LogP contribution in [0.3, 0.4) is 0 Å². The molecule has 9 heteroatoms. The van der Waals surface area contributed by atoms with E-state index in [4.69, 9.17) is 32.1 Å². The van der Waals surface area contributed by atoms with E-state index in [0.29, 0.717) is 0 Å².